The quantitative estimate of drug-likeness (QED) is 0.406. The van der Waals surface area contributed by atoms with Crippen molar-refractivity contribution in [3.8, 4) is 16.9 Å². The molecule has 0 unspecified atom stereocenters. The summed E-state index contributed by atoms with van der Waals surface area (Å²) in [6.07, 6.45) is 0. The van der Waals surface area contributed by atoms with Gasteiger partial charge in [-0.25, -0.2) is 9.18 Å². The Labute approximate surface area is 189 Å². The van der Waals surface area contributed by atoms with Crippen molar-refractivity contribution in [2.24, 2.45) is 0 Å². The van der Waals surface area contributed by atoms with Gasteiger partial charge in [0.05, 0.1) is 11.6 Å². The predicted octanol–water partition coefficient (Wildman–Crippen LogP) is 6.08. The summed E-state index contributed by atoms with van der Waals surface area (Å²) in [6.45, 7) is 1.54. The Hall–Kier alpha value is -2.42. The molecule has 1 heterocycles. The Bertz CT molecular complexity index is 1100. The second-order valence-corrected chi connectivity index (χ2v) is 8.66. The van der Waals surface area contributed by atoms with Gasteiger partial charge in [-0.2, -0.15) is 0 Å². The van der Waals surface area contributed by atoms with Crippen molar-refractivity contribution in [1.29, 1.82) is 0 Å². The lowest BCUT2D eigenvalue weighted by molar-refractivity contribution is -0.118. The molecule has 30 heavy (non-hydrogen) atoms. The van der Waals surface area contributed by atoms with Crippen LogP contribution in [0.25, 0.3) is 11.1 Å². The lowest BCUT2D eigenvalue weighted by Gasteiger charge is -2.10. The van der Waals surface area contributed by atoms with E-state index in [1.807, 2.05) is 6.92 Å². The van der Waals surface area contributed by atoms with Gasteiger partial charge in [0.15, 0.2) is 6.61 Å². The van der Waals surface area contributed by atoms with Gasteiger partial charge >= 0.3 is 5.97 Å². The Kier molecular flexibility index (Phi) is 7.12. The predicted molar refractivity (Wildman–Crippen MR) is 119 cm³/mol. The standard InChI is InChI=1S/C21H16BrClFNO4S/c1-11-18(12-3-6-14(24)7-4-12)19(21(27)28-2)20(30-11)25-17(26)10-29-16-8-5-13(23)9-15(16)22/h3-9H,10H2,1-2H3,(H,25,26). The topological polar surface area (TPSA) is 64.6 Å². The molecule has 0 aliphatic heterocycles. The molecule has 3 aromatic rings. The first-order valence-electron chi connectivity index (χ1n) is 8.65. The van der Waals surface area contributed by atoms with Crippen molar-refractivity contribution in [2.75, 3.05) is 19.0 Å². The number of thiophene rings is 1. The van der Waals surface area contributed by atoms with Crippen LogP contribution in [-0.2, 0) is 9.53 Å². The molecule has 0 saturated carbocycles. The number of anilines is 1. The first-order chi connectivity index (χ1) is 14.3. The molecule has 1 N–H and O–H groups in total. The lowest BCUT2D eigenvalue weighted by atomic mass is 10.0. The molecule has 9 heteroatoms. The van der Waals surface area contributed by atoms with Crippen molar-refractivity contribution < 1.29 is 23.5 Å². The van der Waals surface area contributed by atoms with Gasteiger partial charge in [-0.1, -0.05) is 23.7 Å². The molecular weight excluding hydrogens is 497 g/mol. The Morgan fingerprint density at radius 1 is 1.20 bits per heavy atom. The molecule has 0 bridgehead atoms. The number of benzene rings is 2. The summed E-state index contributed by atoms with van der Waals surface area (Å²) in [7, 11) is 1.26. The summed E-state index contributed by atoms with van der Waals surface area (Å²) in [6, 6.07) is 10.7. The van der Waals surface area contributed by atoms with Crippen molar-refractivity contribution in [3.05, 3.63) is 68.2 Å². The highest BCUT2D eigenvalue weighted by molar-refractivity contribution is 9.10. The van der Waals surface area contributed by atoms with Crippen LogP contribution in [0.1, 0.15) is 15.2 Å². The van der Waals surface area contributed by atoms with E-state index in [2.05, 4.69) is 21.2 Å². The van der Waals surface area contributed by atoms with E-state index in [1.165, 1.54) is 30.6 Å². The van der Waals surface area contributed by atoms with Crippen molar-refractivity contribution in [2.45, 2.75) is 6.92 Å². The van der Waals surface area contributed by atoms with Crippen LogP contribution in [0.2, 0.25) is 5.02 Å². The third-order valence-corrected chi connectivity index (χ3v) is 5.99. The zero-order valence-corrected chi connectivity index (χ0v) is 19.1. The van der Waals surface area contributed by atoms with Gasteiger partial charge < -0.3 is 14.8 Å². The fraction of sp³-hybridized carbons (Fsp3) is 0.143. The number of rotatable bonds is 6. The first-order valence-corrected chi connectivity index (χ1v) is 10.6. The zero-order valence-electron chi connectivity index (χ0n) is 15.9. The fourth-order valence-electron chi connectivity index (χ4n) is 2.79. The number of ether oxygens (including phenoxy) is 2. The molecule has 0 saturated heterocycles. The maximum Gasteiger partial charge on any atom is 0.341 e. The van der Waals surface area contributed by atoms with Gasteiger partial charge in [0.1, 0.15) is 22.1 Å². The minimum atomic E-state index is -0.602. The maximum atomic E-state index is 13.3. The number of hydrogen-bond donors (Lipinski definition) is 1. The molecule has 0 fully saturated rings. The number of amides is 1. The number of carbonyl (C=O) groups excluding carboxylic acids is 2. The molecule has 1 aromatic heterocycles. The van der Waals surface area contributed by atoms with E-state index in [0.29, 0.717) is 31.4 Å². The SMILES string of the molecule is COC(=O)c1c(NC(=O)COc2ccc(Cl)cc2Br)sc(C)c1-c1ccc(F)cc1. The van der Waals surface area contributed by atoms with E-state index in [9.17, 15) is 14.0 Å². The number of esters is 1. The molecule has 5 nitrogen and oxygen atoms in total. The monoisotopic (exact) mass is 511 g/mol. The van der Waals surface area contributed by atoms with E-state index in [-0.39, 0.29) is 18.0 Å². The average molecular weight is 513 g/mol. The number of hydrogen-bond acceptors (Lipinski definition) is 5. The summed E-state index contributed by atoms with van der Waals surface area (Å²) in [5.41, 5.74) is 1.45. The van der Waals surface area contributed by atoms with Crippen LogP contribution in [0.15, 0.2) is 46.9 Å². The maximum absolute atomic E-state index is 13.3. The molecular formula is C21H16BrClFNO4S. The highest BCUT2D eigenvalue weighted by Gasteiger charge is 2.25. The van der Waals surface area contributed by atoms with Gasteiger partial charge in [0.25, 0.3) is 5.91 Å². The number of halogens is 3. The molecule has 0 aliphatic rings. The number of aryl methyl sites for hydroxylation is 1. The molecule has 2 aromatic carbocycles. The van der Waals surface area contributed by atoms with Crippen molar-refractivity contribution in [1.82, 2.24) is 0 Å². The lowest BCUT2D eigenvalue weighted by Crippen LogP contribution is -2.21. The van der Waals surface area contributed by atoms with Gasteiger partial charge in [-0.05, 0) is 58.7 Å². The van der Waals surface area contributed by atoms with Crippen molar-refractivity contribution >= 4 is 55.7 Å². The molecule has 0 atom stereocenters. The Morgan fingerprint density at radius 3 is 2.53 bits per heavy atom. The van der Waals surface area contributed by atoms with Gasteiger partial charge in [0, 0.05) is 15.5 Å². The average Bonchev–Trinajstić information content (AvgIpc) is 3.03. The summed E-state index contributed by atoms with van der Waals surface area (Å²) < 4.78 is 24.3. The highest BCUT2D eigenvalue weighted by atomic mass is 79.9. The van der Waals surface area contributed by atoms with E-state index < -0.39 is 11.9 Å². The largest absolute Gasteiger partial charge is 0.483 e. The molecule has 0 spiro atoms. The second kappa shape index (κ2) is 9.59. The summed E-state index contributed by atoms with van der Waals surface area (Å²) in [5, 5.41) is 3.57. The van der Waals surface area contributed by atoms with Gasteiger partial charge in [-0.15, -0.1) is 11.3 Å². The zero-order chi connectivity index (χ0) is 21.8. The highest BCUT2D eigenvalue weighted by Crippen LogP contribution is 2.40. The van der Waals surface area contributed by atoms with E-state index in [0.717, 1.165) is 4.88 Å². The minimum absolute atomic E-state index is 0.215. The van der Waals surface area contributed by atoms with Crippen LogP contribution in [-0.4, -0.2) is 25.6 Å². The van der Waals surface area contributed by atoms with Crippen LogP contribution in [0.5, 0.6) is 5.75 Å². The second-order valence-electron chi connectivity index (χ2n) is 6.15. The summed E-state index contributed by atoms with van der Waals surface area (Å²) >= 11 is 10.4. The van der Waals surface area contributed by atoms with Crippen LogP contribution in [0.3, 0.4) is 0 Å². The first kappa shape index (κ1) is 22.3. The molecule has 1 amide bonds. The number of methoxy groups -OCH3 is 1. The summed E-state index contributed by atoms with van der Waals surface area (Å²) in [5.74, 6) is -0.980. The normalized spacial score (nSPS) is 10.6. The molecule has 0 radical (unpaired) electrons. The Balaban J connectivity index is 1.84. The van der Waals surface area contributed by atoms with Crippen LogP contribution in [0.4, 0.5) is 9.39 Å². The molecule has 0 aliphatic carbocycles. The smallest absolute Gasteiger partial charge is 0.341 e. The molecule has 3 rings (SSSR count). The number of nitrogens with one attached hydrogen (secondary N) is 1. The van der Waals surface area contributed by atoms with Gasteiger partial charge in [-0.3, -0.25) is 4.79 Å². The summed E-state index contributed by atoms with van der Waals surface area (Å²) in [4.78, 5) is 25.7. The minimum Gasteiger partial charge on any atom is -0.483 e. The van der Waals surface area contributed by atoms with Crippen molar-refractivity contribution in [3.63, 3.8) is 0 Å². The number of carbonyl (C=O) groups is 2. The van der Waals surface area contributed by atoms with E-state index >= 15 is 0 Å². The molecule has 156 valence electrons. The van der Waals surface area contributed by atoms with E-state index in [1.54, 1.807) is 30.3 Å². The van der Waals surface area contributed by atoms with Crippen LogP contribution < -0.4 is 10.1 Å². The fourth-order valence-corrected chi connectivity index (χ4v) is 4.67. The van der Waals surface area contributed by atoms with E-state index in [4.69, 9.17) is 21.1 Å². The van der Waals surface area contributed by atoms with Gasteiger partial charge in [0.2, 0.25) is 0 Å². The van der Waals surface area contributed by atoms with Crippen LogP contribution in [0, 0.1) is 12.7 Å². The third kappa shape index (κ3) is 5.00. The third-order valence-electron chi connectivity index (χ3n) is 4.11. The Morgan fingerprint density at radius 2 is 1.90 bits per heavy atom. The van der Waals surface area contributed by atoms with Crippen LogP contribution >= 0.6 is 38.9 Å².